The van der Waals surface area contributed by atoms with Gasteiger partial charge in [-0.3, -0.25) is 4.79 Å². The number of carboxylic acid groups (broad SMARTS) is 1. The van der Waals surface area contributed by atoms with Crippen LogP contribution in [-0.4, -0.2) is 35.7 Å². The van der Waals surface area contributed by atoms with Crippen molar-refractivity contribution in [3.63, 3.8) is 0 Å². The first-order valence-electron chi connectivity index (χ1n) is 10.3. The maximum absolute atomic E-state index is 12.5. The van der Waals surface area contributed by atoms with E-state index in [9.17, 15) is 19.5 Å². The number of aromatic carboxylic acids is 1. The zero-order chi connectivity index (χ0) is 23.5. The fourth-order valence-corrected chi connectivity index (χ4v) is 4.59. The number of rotatable bonds is 6. The van der Waals surface area contributed by atoms with E-state index in [-0.39, 0.29) is 18.1 Å². The second-order valence-electron chi connectivity index (χ2n) is 7.71. The van der Waals surface area contributed by atoms with Gasteiger partial charge >= 0.3 is 12.1 Å². The third-order valence-electron chi connectivity index (χ3n) is 5.48. The molecule has 0 bridgehead atoms. The Labute approximate surface area is 204 Å². The van der Waals surface area contributed by atoms with Crippen LogP contribution in [0.25, 0.3) is 11.1 Å². The van der Waals surface area contributed by atoms with Crippen LogP contribution in [0.3, 0.4) is 0 Å². The van der Waals surface area contributed by atoms with Crippen LogP contribution in [0.5, 0.6) is 0 Å². The van der Waals surface area contributed by atoms with E-state index in [4.69, 9.17) is 4.74 Å². The van der Waals surface area contributed by atoms with Crippen LogP contribution in [0.2, 0.25) is 0 Å². The van der Waals surface area contributed by atoms with E-state index in [2.05, 4.69) is 22.8 Å². The summed E-state index contributed by atoms with van der Waals surface area (Å²) in [6, 6.07) is 19.7. The summed E-state index contributed by atoms with van der Waals surface area (Å²) in [5.41, 5.74) is 4.87. The Bertz CT molecular complexity index is 1200. The lowest BCUT2D eigenvalue weighted by Gasteiger charge is -2.17. The molecule has 0 aromatic heterocycles. The maximum Gasteiger partial charge on any atom is 0.407 e. The first kappa shape index (κ1) is 22.8. The molecule has 0 fully saturated rings. The van der Waals surface area contributed by atoms with Gasteiger partial charge in [-0.25, -0.2) is 9.59 Å². The minimum absolute atomic E-state index is 0.0642. The van der Waals surface area contributed by atoms with Crippen LogP contribution in [0.4, 0.5) is 10.5 Å². The molecule has 1 aliphatic rings. The Morgan fingerprint density at radius 2 is 1.61 bits per heavy atom. The third-order valence-corrected chi connectivity index (χ3v) is 6.11. The number of hydrogen-bond donors (Lipinski definition) is 3. The quantitative estimate of drug-likeness (QED) is 0.377. The van der Waals surface area contributed by atoms with Gasteiger partial charge in [-0.2, -0.15) is 0 Å². The molecule has 0 unspecified atom stereocenters. The third kappa shape index (κ3) is 5.00. The molecule has 1 atom stereocenters. The Morgan fingerprint density at radius 1 is 1.00 bits per heavy atom. The number of halogens is 1. The fraction of sp³-hybridized carbons (Fsp3) is 0.160. The summed E-state index contributed by atoms with van der Waals surface area (Å²) in [6.07, 6.45) is -0.701. The van der Waals surface area contributed by atoms with E-state index in [0.29, 0.717) is 9.26 Å². The fourth-order valence-electron chi connectivity index (χ4n) is 3.92. The van der Waals surface area contributed by atoms with Gasteiger partial charge < -0.3 is 20.5 Å². The van der Waals surface area contributed by atoms with Crippen molar-refractivity contribution in [3.05, 3.63) is 87.0 Å². The van der Waals surface area contributed by atoms with Gasteiger partial charge in [-0.1, -0.05) is 48.5 Å². The Kier molecular flexibility index (Phi) is 6.64. The van der Waals surface area contributed by atoms with Crippen LogP contribution < -0.4 is 10.6 Å². The van der Waals surface area contributed by atoms with Crippen molar-refractivity contribution in [1.82, 2.24) is 5.32 Å². The first-order chi connectivity index (χ1) is 15.8. The number of alkyl carbamates (subject to hydrolysis) is 1. The number of hydrogen-bond acceptors (Lipinski definition) is 4. The number of benzene rings is 3. The lowest BCUT2D eigenvalue weighted by Crippen LogP contribution is -2.42. The van der Waals surface area contributed by atoms with Crippen molar-refractivity contribution < 1.29 is 24.2 Å². The normalized spacial score (nSPS) is 12.9. The van der Waals surface area contributed by atoms with Gasteiger partial charge in [0.05, 0.1) is 5.56 Å². The second-order valence-corrected chi connectivity index (χ2v) is 8.96. The Hall–Kier alpha value is -3.40. The van der Waals surface area contributed by atoms with Gasteiger partial charge in [0, 0.05) is 15.2 Å². The number of fused-ring (bicyclic) bond motifs is 3. The number of carbonyl (C=O) groups is 3. The molecule has 3 aromatic carbocycles. The molecule has 0 spiro atoms. The zero-order valence-electron chi connectivity index (χ0n) is 17.7. The van der Waals surface area contributed by atoms with Gasteiger partial charge in [0.15, 0.2) is 0 Å². The second kappa shape index (κ2) is 9.62. The summed E-state index contributed by atoms with van der Waals surface area (Å²) in [5.74, 6) is -1.65. The molecule has 0 saturated carbocycles. The first-order valence-corrected chi connectivity index (χ1v) is 11.4. The molecule has 0 radical (unpaired) electrons. The number of carbonyl (C=O) groups excluding carboxylic acids is 2. The Morgan fingerprint density at radius 3 is 2.21 bits per heavy atom. The van der Waals surface area contributed by atoms with Gasteiger partial charge in [-0.15, -0.1) is 0 Å². The van der Waals surface area contributed by atoms with E-state index >= 15 is 0 Å². The molecule has 7 nitrogen and oxygen atoms in total. The molecule has 3 N–H and O–H groups in total. The lowest BCUT2D eigenvalue weighted by atomic mass is 9.98. The highest BCUT2D eigenvalue weighted by molar-refractivity contribution is 14.1. The average molecular weight is 556 g/mol. The molecule has 8 heteroatoms. The number of anilines is 1. The average Bonchev–Trinajstić information content (AvgIpc) is 3.11. The zero-order valence-corrected chi connectivity index (χ0v) is 19.8. The summed E-state index contributed by atoms with van der Waals surface area (Å²) >= 11 is 1.97. The minimum Gasteiger partial charge on any atom is -0.478 e. The molecule has 1 aliphatic carbocycles. The van der Waals surface area contributed by atoms with Gasteiger partial charge in [-0.05, 0) is 70.0 Å². The number of ether oxygens (including phenoxy) is 1. The van der Waals surface area contributed by atoms with Crippen molar-refractivity contribution >= 4 is 46.2 Å². The van der Waals surface area contributed by atoms with E-state index in [1.807, 2.05) is 59.0 Å². The van der Waals surface area contributed by atoms with Gasteiger partial charge in [0.25, 0.3) is 0 Å². The van der Waals surface area contributed by atoms with E-state index in [0.717, 1.165) is 22.3 Å². The van der Waals surface area contributed by atoms with Crippen molar-refractivity contribution in [2.75, 3.05) is 11.9 Å². The lowest BCUT2D eigenvalue weighted by molar-refractivity contribution is -0.117. The van der Waals surface area contributed by atoms with E-state index in [1.54, 1.807) is 6.07 Å². The van der Waals surface area contributed by atoms with Crippen LogP contribution >= 0.6 is 22.6 Å². The van der Waals surface area contributed by atoms with Crippen molar-refractivity contribution in [1.29, 1.82) is 0 Å². The summed E-state index contributed by atoms with van der Waals surface area (Å²) in [5, 5.41) is 14.3. The molecule has 2 amide bonds. The molecule has 168 valence electrons. The highest BCUT2D eigenvalue weighted by atomic mass is 127. The topological polar surface area (TPSA) is 105 Å². The molecule has 0 saturated heterocycles. The largest absolute Gasteiger partial charge is 0.478 e. The molecule has 0 aliphatic heterocycles. The number of carboxylic acids is 1. The number of nitrogens with one attached hydrogen (secondary N) is 2. The van der Waals surface area contributed by atoms with Gasteiger partial charge in [0.1, 0.15) is 12.6 Å². The van der Waals surface area contributed by atoms with E-state index < -0.39 is 24.0 Å². The minimum atomic E-state index is -1.09. The van der Waals surface area contributed by atoms with Gasteiger partial charge in [0.2, 0.25) is 5.91 Å². The van der Waals surface area contributed by atoms with Crippen LogP contribution in [0.15, 0.2) is 66.7 Å². The summed E-state index contributed by atoms with van der Waals surface area (Å²) in [4.78, 5) is 36.1. The van der Waals surface area contributed by atoms with Crippen LogP contribution in [0, 0.1) is 3.57 Å². The SMILES string of the molecule is C[C@H](NC(=O)OCC1c2ccccc2-c2ccccc21)C(=O)Nc1cc(I)cc(C(=O)O)c1. The van der Waals surface area contributed by atoms with Crippen molar-refractivity contribution in [2.24, 2.45) is 0 Å². The highest BCUT2D eigenvalue weighted by Crippen LogP contribution is 2.44. The standard InChI is InChI=1S/C25H21IN2O5/c1-14(23(29)28-17-11-15(24(30)31)10-16(26)12-17)27-25(32)33-13-22-20-8-4-2-6-18(20)19-7-3-5-9-21(19)22/h2-12,14,22H,13H2,1H3,(H,27,32)(H,28,29)(H,30,31)/t14-/m0/s1. The van der Waals surface area contributed by atoms with Crippen molar-refractivity contribution in [3.8, 4) is 11.1 Å². The molecule has 33 heavy (non-hydrogen) atoms. The summed E-state index contributed by atoms with van der Waals surface area (Å²) in [7, 11) is 0. The Balaban J connectivity index is 1.37. The van der Waals surface area contributed by atoms with Crippen LogP contribution in [0.1, 0.15) is 34.3 Å². The number of amides is 2. The molecule has 4 rings (SSSR count). The molecule has 3 aromatic rings. The smallest absolute Gasteiger partial charge is 0.407 e. The monoisotopic (exact) mass is 556 g/mol. The molecular formula is C25H21IN2O5. The predicted molar refractivity (Wildman–Crippen MR) is 132 cm³/mol. The predicted octanol–water partition coefficient (Wildman–Crippen LogP) is 4.86. The van der Waals surface area contributed by atoms with Crippen LogP contribution in [-0.2, 0) is 9.53 Å². The maximum atomic E-state index is 12.5. The highest BCUT2D eigenvalue weighted by Gasteiger charge is 2.29. The molecular weight excluding hydrogens is 535 g/mol. The van der Waals surface area contributed by atoms with E-state index in [1.165, 1.54) is 19.1 Å². The summed E-state index contributed by atoms with van der Waals surface area (Å²) in [6.45, 7) is 1.68. The summed E-state index contributed by atoms with van der Waals surface area (Å²) < 4.78 is 6.14. The van der Waals surface area contributed by atoms with Crippen molar-refractivity contribution in [2.45, 2.75) is 18.9 Å². The molecule has 0 heterocycles.